The molecule has 3 rings (SSSR count). The Bertz CT molecular complexity index is 813. The number of imidazole rings is 1. The fourth-order valence-corrected chi connectivity index (χ4v) is 4.61. The van der Waals surface area contributed by atoms with Crippen molar-refractivity contribution in [3.05, 3.63) is 30.1 Å². The van der Waals surface area contributed by atoms with Gasteiger partial charge < -0.3 is 25.0 Å². The highest BCUT2D eigenvalue weighted by Crippen LogP contribution is 2.26. The Kier molecular flexibility index (Phi) is 12.7. The molecule has 2 aromatic rings. The first-order chi connectivity index (χ1) is 14.9. The van der Waals surface area contributed by atoms with Gasteiger partial charge in [-0.2, -0.15) is 0 Å². The van der Waals surface area contributed by atoms with Gasteiger partial charge in [0, 0.05) is 33.3 Å². The topological polar surface area (TPSA) is 90.5 Å². The van der Waals surface area contributed by atoms with Gasteiger partial charge in [0.05, 0.1) is 23.2 Å². The summed E-state index contributed by atoms with van der Waals surface area (Å²) in [6, 6.07) is 7.72. The van der Waals surface area contributed by atoms with Crippen LogP contribution in [0.3, 0.4) is 0 Å². The summed E-state index contributed by atoms with van der Waals surface area (Å²) < 4.78 is 5.82. The van der Waals surface area contributed by atoms with E-state index in [-0.39, 0.29) is 48.8 Å². The summed E-state index contributed by atoms with van der Waals surface area (Å²) in [7, 11) is 1.77. The molecular formula is C24H40Cl2N4O3. The van der Waals surface area contributed by atoms with E-state index in [1.807, 2.05) is 36.1 Å². The van der Waals surface area contributed by atoms with Crippen molar-refractivity contribution in [1.82, 2.24) is 20.2 Å². The fraction of sp³-hybridized carbons (Fsp3) is 0.667. The molecule has 1 aliphatic heterocycles. The standard InChI is InChI=1S/C24H38N4O3.2ClH/c1-16(2)15-28(24(30)23-26-20-8-5-6-9-21(20)27-23)11-7-10-22(31-4)19-12-18(17(3)29)13-25-14-19;;/h5-6,8-9,16-19,22,25,29H,7,10-15H2,1-4H3,(H,26,27);2*1H/t17?,18-,19+,22?;;/m1../s1. The molecule has 1 aromatic heterocycles. The smallest absolute Gasteiger partial charge is 0.289 e. The van der Waals surface area contributed by atoms with Gasteiger partial charge in [-0.15, -0.1) is 24.8 Å². The first-order valence-electron chi connectivity index (χ1n) is 11.5. The minimum atomic E-state index is -0.309. The average Bonchev–Trinajstić information content (AvgIpc) is 3.19. The van der Waals surface area contributed by atoms with Gasteiger partial charge in [-0.3, -0.25) is 4.79 Å². The molecule has 1 saturated heterocycles. The van der Waals surface area contributed by atoms with Gasteiger partial charge in [0.1, 0.15) is 0 Å². The predicted molar refractivity (Wildman–Crippen MR) is 138 cm³/mol. The van der Waals surface area contributed by atoms with Crippen LogP contribution in [0, 0.1) is 17.8 Å². The number of aromatic amines is 1. The summed E-state index contributed by atoms with van der Waals surface area (Å²) in [6.07, 6.45) is 2.54. The lowest BCUT2D eigenvalue weighted by Gasteiger charge is -2.36. The first kappa shape index (κ1) is 29.7. The van der Waals surface area contributed by atoms with Gasteiger partial charge in [-0.05, 0) is 56.1 Å². The van der Waals surface area contributed by atoms with E-state index in [1.165, 1.54) is 0 Å². The van der Waals surface area contributed by atoms with Crippen molar-refractivity contribution < 1.29 is 14.6 Å². The van der Waals surface area contributed by atoms with Crippen LogP contribution in [0.5, 0.6) is 0 Å². The summed E-state index contributed by atoms with van der Waals surface area (Å²) in [4.78, 5) is 22.8. The number of halogens is 2. The minimum absolute atomic E-state index is 0. The molecule has 0 radical (unpaired) electrons. The summed E-state index contributed by atoms with van der Waals surface area (Å²) in [5.74, 6) is 1.38. The number of nitrogens with one attached hydrogen (secondary N) is 2. The Morgan fingerprint density at radius 1 is 1.21 bits per heavy atom. The zero-order chi connectivity index (χ0) is 22.4. The van der Waals surface area contributed by atoms with E-state index in [0.29, 0.717) is 30.7 Å². The molecule has 9 heteroatoms. The zero-order valence-corrected chi connectivity index (χ0v) is 21.8. The Hall–Kier alpha value is -1.38. The number of benzene rings is 1. The van der Waals surface area contributed by atoms with Gasteiger partial charge in [-0.25, -0.2) is 4.98 Å². The van der Waals surface area contributed by atoms with Crippen LogP contribution in [0.15, 0.2) is 24.3 Å². The predicted octanol–water partition coefficient (Wildman–Crippen LogP) is 3.91. The Morgan fingerprint density at radius 2 is 1.91 bits per heavy atom. The van der Waals surface area contributed by atoms with Crippen molar-refractivity contribution in [2.75, 3.05) is 33.3 Å². The SMILES string of the molecule is COC(CCCN(CC(C)C)C(=O)c1nc2ccccc2[nH]1)[C@@H]1CNC[C@H](C(C)O)C1.Cl.Cl. The highest BCUT2D eigenvalue weighted by Gasteiger charge is 2.30. The summed E-state index contributed by atoms with van der Waals surface area (Å²) in [5, 5.41) is 13.4. The van der Waals surface area contributed by atoms with Gasteiger partial charge in [-0.1, -0.05) is 26.0 Å². The molecule has 0 saturated carbocycles. The Morgan fingerprint density at radius 3 is 2.55 bits per heavy atom. The van der Waals surface area contributed by atoms with E-state index in [0.717, 1.165) is 43.4 Å². The third-order valence-electron chi connectivity index (χ3n) is 6.31. The largest absolute Gasteiger partial charge is 0.393 e. The molecule has 4 atom stereocenters. The molecule has 2 unspecified atom stereocenters. The number of carbonyl (C=O) groups is 1. The third-order valence-corrected chi connectivity index (χ3v) is 6.31. The number of carbonyl (C=O) groups excluding carboxylic acids is 1. The van der Waals surface area contributed by atoms with Gasteiger partial charge in [0.15, 0.2) is 5.82 Å². The van der Waals surface area contributed by atoms with Crippen molar-refractivity contribution >= 4 is 41.8 Å². The van der Waals surface area contributed by atoms with E-state index in [1.54, 1.807) is 7.11 Å². The van der Waals surface area contributed by atoms with Crippen molar-refractivity contribution in [3.63, 3.8) is 0 Å². The lowest BCUT2D eigenvalue weighted by molar-refractivity contribution is 0.00526. The fourth-order valence-electron chi connectivity index (χ4n) is 4.61. The van der Waals surface area contributed by atoms with Crippen LogP contribution in [0.4, 0.5) is 0 Å². The van der Waals surface area contributed by atoms with Crippen LogP contribution in [-0.2, 0) is 4.74 Å². The number of piperidine rings is 1. The second-order valence-electron chi connectivity index (χ2n) is 9.32. The molecule has 1 amide bonds. The number of H-pyrrole nitrogens is 1. The lowest BCUT2D eigenvalue weighted by Crippen LogP contribution is -2.45. The zero-order valence-electron chi connectivity index (χ0n) is 20.1. The van der Waals surface area contributed by atoms with Crippen LogP contribution < -0.4 is 5.32 Å². The molecule has 3 N–H and O–H groups in total. The maximum Gasteiger partial charge on any atom is 0.289 e. The second kappa shape index (κ2) is 14.1. The van der Waals surface area contributed by atoms with Gasteiger partial charge >= 0.3 is 0 Å². The molecule has 33 heavy (non-hydrogen) atoms. The minimum Gasteiger partial charge on any atom is -0.393 e. The molecule has 0 bridgehead atoms. The number of nitrogens with zero attached hydrogens (tertiary/aromatic N) is 2. The number of hydrogen-bond donors (Lipinski definition) is 3. The molecule has 188 valence electrons. The molecule has 1 fully saturated rings. The molecule has 0 spiro atoms. The Labute approximate surface area is 209 Å². The highest BCUT2D eigenvalue weighted by molar-refractivity contribution is 5.94. The number of aromatic nitrogens is 2. The molecule has 1 aromatic carbocycles. The van der Waals surface area contributed by atoms with E-state index in [9.17, 15) is 9.90 Å². The lowest BCUT2D eigenvalue weighted by atomic mass is 9.83. The normalized spacial score (nSPS) is 20.1. The molecule has 0 aliphatic carbocycles. The maximum absolute atomic E-state index is 13.2. The quantitative estimate of drug-likeness (QED) is 0.458. The van der Waals surface area contributed by atoms with Crippen LogP contribution >= 0.6 is 24.8 Å². The number of rotatable bonds is 10. The molecule has 2 heterocycles. The summed E-state index contributed by atoms with van der Waals surface area (Å²) >= 11 is 0. The number of methoxy groups -OCH3 is 1. The first-order valence-corrected chi connectivity index (χ1v) is 11.5. The molecule has 7 nitrogen and oxygen atoms in total. The number of ether oxygens (including phenoxy) is 1. The van der Waals surface area contributed by atoms with Crippen LogP contribution in [0.2, 0.25) is 0 Å². The Balaban J connectivity index is 0.00000272. The van der Waals surface area contributed by atoms with Crippen LogP contribution in [-0.4, -0.2) is 71.4 Å². The van der Waals surface area contributed by atoms with E-state index < -0.39 is 0 Å². The van der Waals surface area contributed by atoms with Crippen LogP contribution in [0.25, 0.3) is 11.0 Å². The van der Waals surface area contributed by atoms with Crippen molar-refractivity contribution in [3.8, 4) is 0 Å². The van der Waals surface area contributed by atoms with E-state index in [2.05, 4.69) is 29.1 Å². The number of amides is 1. The molecule has 1 aliphatic rings. The van der Waals surface area contributed by atoms with Crippen LogP contribution in [0.1, 0.15) is 50.7 Å². The monoisotopic (exact) mass is 502 g/mol. The highest BCUT2D eigenvalue weighted by atomic mass is 35.5. The number of fused-ring (bicyclic) bond motifs is 1. The maximum atomic E-state index is 13.2. The third kappa shape index (κ3) is 8.11. The van der Waals surface area contributed by atoms with Gasteiger partial charge in [0.25, 0.3) is 5.91 Å². The molecular weight excluding hydrogens is 463 g/mol. The average molecular weight is 504 g/mol. The van der Waals surface area contributed by atoms with Gasteiger partial charge in [0.2, 0.25) is 0 Å². The number of hydrogen-bond acceptors (Lipinski definition) is 5. The number of aliphatic hydroxyl groups excluding tert-OH is 1. The second-order valence-corrected chi connectivity index (χ2v) is 9.32. The van der Waals surface area contributed by atoms with E-state index in [4.69, 9.17) is 4.74 Å². The summed E-state index contributed by atoms with van der Waals surface area (Å²) in [5.41, 5.74) is 1.69. The summed E-state index contributed by atoms with van der Waals surface area (Å²) in [6.45, 7) is 9.26. The van der Waals surface area contributed by atoms with Crippen molar-refractivity contribution in [1.29, 1.82) is 0 Å². The number of para-hydroxylation sites is 2. The van der Waals surface area contributed by atoms with Crippen molar-refractivity contribution in [2.45, 2.75) is 52.2 Å². The number of aliphatic hydroxyl groups is 1. The van der Waals surface area contributed by atoms with Crippen molar-refractivity contribution in [2.24, 2.45) is 17.8 Å². The van der Waals surface area contributed by atoms with E-state index >= 15 is 0 Å².